The van der Waals surface area contributed by atoms with Crippen molar-refractivity contribution in [2.75, 3.05) is 0 Å². The fourth-order valence-corrected chi connectivity index (χ4v) is 2.14. The van der Waals surface area contributed by atoms with Gasteiger partial charge in [0.05, 0.1) is 5.56 Å². The highest BCUT2D eigenvalue weighted by Crippen LogP contribution is 2.32. The van der Waals surface area contributed by atoms with Gasteiger partial charge in [0, 0.05) is 0 Å². The molecular formula is C17H20N2O. The molecule has 2 aromatic carbocycles. The molecule has 0 aliphatic rings. The molecule has 2 rings (SSSR count). The van der Waals surface area contributed by atoms with Crippen molar-refractivity contribution in [1.29, 1.82) is 5.41 Å². The Kier molecular flexibility index (Phi) is 3.79. The number of nitrogen functional groups attached to an aromatic ring is 1. The van der Waals surface area contributed by atoms with Crippen LogP contribution in [0.4, 0.5) is 0 Å². The van der Waals surface area contributed by atoms with Gasteiger partial charge in [0.15, 0.2) is 0 Å². The Hall–Kier alpha value is -2.29. The van der Waals surface area contributed by atoms with Crippen molar-refractivity contribution < 1.29 is 4.74 Å². The van der Waals surface area contributed by atoms with Crippen molar-refractivity contribution in [3.8, 4) is 11.5 Å². The minimum atomic E-state index is 0.0201. The Morgan fingerprint density at radius 3 is 2.30 bits per heavy atom. The molecule has 104 valence electrons. The van der Waals surface area contributed by atoms with Crippen molar-refractivity contribution in [2.24, 2.45) is 5.73 Å². The molecule has 0 saturated carbocycles. The second kappa shape index (κ2) is 5.37. The van der Waals surface area contributed by atoms with Crippen molar-refractivity contribution in [3.05, 3.63) is 58.1 Å². The van der Waals surface area contributed by atoms with Crippen LogP contribution in [0.5, 0.6) is 11.5 Å². The van der Waals surface area contributed by atoms with Crippen LogP contribution in [0.2, 0.25) is 0 Å². The average molecular weight is 268 g/mol. The van der Waals surface area contributed by atoms with Gasteiger partial charge in [-0.05, 0) is 56.5 Å². The molecule has 0 aliphatic carbocycles. The summed E-state index contributed by atoms with van der Waals surface area (Å²) in [4.78, 5) is 0. The van der Waals surface area contributed by atoms with Gasteiger partial charge in [-0.2, -0.15) is 0 Å². The quantitative estimate of drug-likeness (QED) is 0.653. The van der Waals surface area contributed by atoms with Gasteiger partial charge in [0.1, 0.15) is 17.3 Å². The summed E-state index contributed by atoms with van der Waals surface area (Å²) in [5.41, 5.74) is 10.7. The van der Waals surface area contributed by atoms with E-state index in [1.165, 1.54) is 5.56 Å². The molecular weight excluding hydrogens is 248 g/mol. The highest BCUT2D eigenvalue weighted by atomic mass is 16.5. The Labute approximate surface area is 119 Å². The molecule has 0 atom stereocenters. The Balaban J connectivity index is 2.51. The molecule has 0 aromatic heterocycles. The summed E-state index contributed by atoms with van der Waals surface area (Å²) < 4.78 is 6.05. The number of aryl methyl sites for hydroxylation is 3. The van der Waals surface area contributed by atoms with Crippen LogP contribution in [-0.4, -0.2) is 5.84 Å². The van der Waals surface area contributed by atoms with Crippen LogP contribution in [0.15, 0.2) is 30.3 Å². The predicted molar refractivity (Wildman–Crippen MR) is 82.9 cm³/mol. The molecule has 0 radical (unpaired) electrons. The third-order valence-corrected chi connectivity index (χ3v) is 3.51. The number of hydrogen-bond donors (Lipinski definition) is 2. The van der Waals surface area contributed by atoms with Gasteiger partial charge in [-0.3, -0.25) is 5.41 Å². The molecule has 0 unspecified atom stereocenters. The second-order valence-corrected chi connectivity index (χ2v) is 5.17. The Morgan fingerprint density at radius 1 is 1.00 bits per heavy atom. The molecule has 3 heteroatoms. The van der Waals surface area contributed by atoms with Gasteiger partial charge in [-0.1, -0.05) is 23.8 Å². The minimum Gasteiger partial charge on any atom is -0.456 e. The normalized spacial score (nSPS) is 10.4. The number of amidine groups is 1. The lowest BCUT2D eigenvalue weighted by Gasteiger charge is -2.16. The number of rotatable bonds is 3. The lowest BCUT2D eigenvalue weighted by Crippen LogP contribution is -2.12. The van der Waals surface area contributed by atoms with Crippen LogP contribution in [0.25, 0.3) is 0 Å². The molecule has 0 aliphatic heterocycles. The monoisotopic (exact) mass is 268 g/mol. The van der Waals surface area contributed by atoms with E-state index in [0.717, 1.165) is 22.4 Å². The average Bonchev–Trinajstić information content (AvgIpc) is 2.40. The highest BCUT2D eigenvalue weighted by molar-refractivity contribution is 5.97. The van der Waals surface area contributed by atoms with Crippen molar-refractivity contribution in [2.45, 2.75) is 27.7 Å². The lowest BCUT2D eigenvalue weighted by molar-refractivity contribution is 0.473. The molecule has 0 fully saturated rings. The van der Waals surface area contributed by atoms with Crippen LogP contribution in [0, 0.1) is 33.1 Å². The van der Waals surface area contributed by atoms with Crippen LogP contribution in [-0.2, 0) is 0 Å². The maximum atomic E-state index is 7.69. The fourth-order valence-electron chi connectivity index (χ4n) is 2.14. The van der Waals surface area contributed by atoms with Crippen LogP contribution in [0.3, 0.4) is 0 Å². The first-order chi connectivity index (χ1) is 9.40. The maximum absolute atomic E-state index is 7.69. The molecule has 3 N–H and O–H groups in total. The number of benzene rings is 2. The molecule has 0 amide bonds. The third kappa shape index (κ3) is 2.67. The third-order valence-electron chi connectivity index (χ3n) is 3.51. The van der Waals surface area contributed by atoms with E-state index >= 15 is 0 Å². The smallest absolute Gasteiger partial charge is 0.138 e. The van der Waals surface area contributed by atoms with E-state index in [1.807, 2.05) is 45.0 Å². The van der Waals surface area contributed by atoms with E-state index in [4.69, 9.17) is 15.9 Å². The molecule has 3 nitrogen and oxygen atoms in total. The van der Waals surface area contributed by atoms with Crippen molar-refractivity contribution in [3.63, 3.8) is 0 Å². The van der Waals surface area contributed by atoms with E-state index in [-0.39, 0.29) is 5.84 Å². The first-order valence-electron chi connectivity index (χ1n) is 6.60. The molecule has 20 heavy (non-hydrogen) atoms. The van der Waals surface area contributed by atoms with Gasteiger partial charge >= 0.3 is 0 Å². The van der Waals surface area contributed by atoms with Crippen LogP contribution < -0.4 is 10.5 Å². The fraction of sp³-hybridized carbons (Fsp3) is 0.235. The SMILES string of the molecule is Cc1ccc(Oc2c(C)ccc(C)c2C)c(C(=N)N)c1. The Morgan fingerprint density at radius 2 is 1.65 bits per heavy atom. The predicted octanol–water partition coefficient (Wildman–Crippen LogP) is 4.00. The van der Waals surface area contributed by atoms with Gasteiger partial charge < -0.3 is 10.5 Å². The van der Waals surface area contributed by atoms with E-state index in [9.17, 15) is 0 Å². The molecule has 0 bridgehead atoms. The summed E-state index contributed by atoms with van der Waals surface area (Å²) in [7, 11) is 0. The standard InChI is InChI=1S/C17H20N2O/c1-10-5-8-15(14(9-10)17(18)19)20-16-12(3)7-6-11(2)13(16)4/h5-9H,1-4H3,(H3,18,19). The van der Waals surface area contributed by atoms with Crippen LogP contribution >= 0.6 is 0 Å². The zero-order valence-electron chi connectivity index (χ0n) is 12.4. The number of ether oxygens (including phenoxy) is 1. The van der Waals surface area contributed by atoms with Crippen LogP contribution in [0.1, 0.15) is 27.8 Å². The number of hydrogen-bond acceptors (Lipinski definition) is 2. The summed E-state index contributed by atoms with van der Waals surface area (Å²) in [5.74, 6) is 1.49. The zero-order valence-corrected chi connectivity index (χ0v) is 12.4. The molecule has 0 spiro atoms. The minimum absolute atomic E-state index is 0.0201. The number of nitrogens with one attached hydrogen (secondary N) is 1. The Bertz CT molecular complexity index is 675. The summed E-state index contributed by atoms with van der Waals surface area (Å²) in [6, 6.07) is 9.82. The van der Waals surface area contributed by atoms with Gasteiger partial charge in [0.2, 0.25) is 0 Å². The first-order valence-corrected chi connectivity index (χ1v) is 6.60. The molecule has 0 saturated heterocycles. The summed E-state index contributed by atoms with van der Waals surface area (Å²) in [6.07, 6.45) is 0. The second-order valence-electron chi connectivity index (χ2n) is 5.17. The lowest BCUT2D eigenvalue weighted by atomic mass is 10.0. The largest absolute Gasteiger partial charge is 0.456 e. The first kappa shape index (κ1) is 14.1. The van der Waals surface area contributed by atoms with E-state index < -0.39 is 0 Å². The molecule has 0 heterocycles. The zero-order chi connectivity index (χ0) is 14.9. The highest BCUT2D eigenvalue weighted by Gasteiger charge is 2.12. The van der Waals surface area contributed by atoms with Crippen molar-refractivity contribution in [1.82, 2.24) is 0 Å². The maximum Gasteiger partial charge on any atom is 0.138 e. The van der Waals surface area contributed by atoms with E-state index in [2.05, 4.69) is 13.0 Å². The van der Waals surface area contributed by atoms with Gasteiger partial charge in [-0.15, -0.1) is 0 Å². The number of nitrogens with two attached hydrogens (primary N) is 1. The van der Waals surface area contributed by atoms with Crippen molar-refractivity contribution >= 4 is 5.84 Å². The van der Waals surface area contributed by atoms with Gasteiger partial charge in [0.25, 0.3) is 0 Å². The summed E-state index contributed by atoms with van der Waals surface area (Å²) in [6.45, 7) is 8.09. The van der Waals surface area contributed by atoms with E-state index in [0.29, 0.717) is 11.3 Å². The summed E-state index contributed by atoms with van der Waals surface area (Å²) in [5, 5.41) is 7.69. The molecule has 2 aromatic rings. The van der Waals surface area contributed by atoms with Gasteiger partial charge in [-0.25, -0.2) is 0 Å². The summed E-state index contributed by atoms with van der Waals surface area (Å²) >= 11 is 0. The van der Waals surface area contributed by atoms with E-state index in [1.54, 1.807) is 0 Å². The topological polar surface area (TPSA) is 59.1 Å².